The summed E-state index contributed by atoms with van der Waals surface area (Å²) in [4.78, 5) is 27.5. The molecule has 0 radical (unpaired) electrons. The van der Waals surface area contributed by atoms with Crippen LogP contribution in [0.1, 0.15) is 16.9 Å². The van der Waals surface area contributed by atoms with E-state index in [4.69, 9.17) is 14.2 Å². The number of anilines is 2. The van der Waals surface area contributed by atoms with Crippen LogP contribution in [-0.2, 0) is 4.79 Å². The Labute approximate surface area is 196 Å². The molecule has 2 aromatic carbocycles. The van der Waals surface area contributed by atoms with Gasteiger partial charge in [-0.05, 0) is 36.8 Å². The van der Waals surface area contributed by atoms with Crippen LogP contribution < -0.4 is 29.7 Å². The largest absolute Gasteiger partial charge is 0.493 e. The van der Waals surface area contributed by atoms with Gasteiger partial charge in [0.2, 0.25) is 11.7 Å². The minimum Gasteiger partial charge on any atom is -0.493 e. The average Bonchev–Trinajstić information content (AvgIpc) is 3.51. The second-order valence-corrected chi connectivity index (χ2v) is 8.16. The third kappa shape index (κ3) is 3.66. The number of hydrogen-bond donors (Lipinski definition) is 3. The number of rotatable bonds is 6. The average molecular weight is 463 g/mol. The Morgan fingerprint density at radius 2 is 1.82 bits per heavy atom. The molecule has 3 aromatic rings. The molecule has 3 heterocycles. The number of aromatic amines is 1. The second kappa shape index (κ2) is 8.62. The van der Waals surface area contributed by atoms with Crippen molar-refractivity contribution < 1.29 is 23.8 Å². The van der Waals surface area contributed by atoms with Crippen LogP contribution in [0.5, 0.6) is 17.2 Å². The van der Waals surface area contributed by atoms with Gasteiger partial charge in [-0.25, -0.2) is 0 Å². The third-order valence-electron chi connectivity index (χ3n) is 6.19. The fourth-order valence-corrected chi connectivity index (χ4v) is 4.58. The molecule has 34 heavy (non-hydrogen) atoms. The SMILES string of the molecule is COc1cc(-c2cc(C(=O)NC3CC4C(=O)Nc5ccccc5N4C3)[nH]n2)cc(OC)c1OC. The van der Waals surface area contributed by atoms with E-state index < -0.39 is 0 Å². The number of nitrogens with zero attached hydrogens (tertiary/aromatic N) is 2. The number of hydrogen-bond acceptors (Lipinski definition) is 7. The zero-order chi connectivity index (χ0) is 23.8. The minimum atomic E-state index is -0.309. The molecule has 5 rings (SSSR count). The molecule has 1 saturated heterocycles. The van der Waals surface area contributed by atoms with Crippen molar-refractivity contribution in [3.05, 3.63) is 48.2 Å². The molecule has 10 heteroatoms. The van der Waals surface area contributed by atoms with E-state index in [2.05, 4.69) is 20.8 Å². The fraction of sp³-hybridized carbons (Fsp3) is 0.292. The molecule has 2 amide bonds. The van der Waals surface area contributed by atoms with Crippen molar-refractivity contribution in [2.24, 2.45) is 0 Å². The number of benzene rings is 2. The lowest BCUT2D eigenvalue weighted by Gasteiger charge is -2.32. The molecule has 0 saturated carbocycles. The molecule has 176 valence electrons. The summed E-state index contributed by atoms with van der Waals surface area (Å²) >= 11 is 0. The number of fused-ring (bicyclic) bond motifs is 3. The zero-order valence-electron chi connectivity index (χ0n) is 19.0. The molecule has 0 bridgehead atoms. The van der Waals surface area contributed by atoms with Gasteiger partial charge in [-0.15, -0.1) is 0 Å². The number of H-pyrrole nitrogens is 1. The van der Waals surface area contributed by atoms with Crippen LogP contribution in [0.25, 0.3) is 11.3 Å². The van der Waals surface area contributed by atoms with Crippen LogP contribution >= 0.6 is 0 Å². The van der Waals surface area contributed by atoms with Crippen LogP contribution in [0.15, 0.2) is 42.5 Å². The Morgan fingerprint density at radius 3 is 2.53 bits per heavy atom. The van der Waals surface area contributed by atoms with Gasteiger partial charge in [-0.2, -0.15) is 5.10 Å². The molecule has 2 aliphatic rings. The van der Waals surface area contributed by atoms with Crippen molar-refractivity contribution >= 4 is 23.2 Å². The summed E-state index contributed by atoms with van der Waals surface area (Å²) in [6, 6.07) is 12.4. The Bertz CT molecular complexity index is 1230. The first-order valence-electron chi connectivity index (χ1n) is 10.9. The highest BCUT2D eigenvalue weighted by Crippen LogP contribution is 2.41. The minimum absolute atomic E-state index is 0.0540. The van der Waals surface area contributed by atoms with Gasteiger partial charge < -0.3 is 29.7 Å². The van der Waals surface area contributed by atoms with E-state index in [0.717, 1.165) is 11.4 Å². The van der Waals surface area contributed by atoms with Crippen molar-refractivity contribution in [3.8, 4) is 28.5 Å². The number of methoxy groups -OCH3 is 3. The number of carbonyl (C=O) groups excluding carboxylic acids is 2. The van der Waals surface area contributed by atoms with Gasteiger partial charge >= 0.3 is 0 Å². The van der Waals surface area contributed by atoms with Gasteiger partial charge in [0.05, 0.1) is 38.4 Å². The first-order valence-corrected chi connectivity index (χ1v) is 10.9. The third-order valence-corrected chi connectivity index (χ3v) is 6.19. The summed E-state index contributed by atoms with van der Waals surface area (Å²) in [7, 11) is 4.62. The number of para-hydroxylation sites is 2. The van der Waals surface area contributed by atoms with E-state index in [9.17, 15) is 9.59 Å². The van der Waals surface area contributed by atoms with Gasteiger partial charge in [-0.1, -0.05) is 12.1 Å². The number of nitrogens with one attached hydrogen (secondary N) is 3. The van der Waals surface area contributed by atoms with Crippen LogP contribution in [0.3, 0.4) is 0 Å². The van der Waals surface area contributed by atoms with Crippen LogP contribution in [0.4, 0.5) is 11.4 Å². The summed E-state index contributed by atoms with van der Waals surface area (Å²) in [5.41, 5.74) is 3.34. The normalized spacial score (nSPS) is 18.6. The molecule has 10 nitrogen and oxygen atoms in total. The molecule has 0 spiro atoms. The molecule has 1 fully saturated rings. The van der Waals surface area contributed by atoms with Crippen molar-refractivity contribution in [1.82, 2.24) is 15.5 Å². The standard InChI is InChI=1S/C24H25N5O5/c1-32-20-8-13(9-21(33-2)22(20)34-3)16-11-17(28-27-16)23(30)25-14-10-19-24(31)26-15-6-4-5-7-18(15)29(19)12-14/h4-9,11,14,19H,10,12H2,1-3H3,(H,25,30)(H,26,31)(H,27,28). The number of aromatic nitrogens is 2. The maximum atomic E-state index is 13.0. The number of amides is 2. The van der Waals surface area contributed by atoms with E-state index in [1.54, 1.807) is 32.4 Å². The van der Waals surface area contributed by atoms with Crippen LogP contribution in [-0.4, -0.2) is 62.0 Å². The highest BCUT2D eigenvalue weighted by atomic mass is 16.5. The molecular formula is C24H25N5O5. The van der Waals surface area contributed by atoms with Crippen molar-refractivity contribution in [2.45, 2.75) is 18.5 Å². The predicted molar refractivity (Wildman–Crippen MR) is 126 cm³/mol. The summed E-state index contributed by atoms with van der Waals surface area (Å²) in [5.74, 6) is 1.12. The lowest BCUT2D eigenvalue weighted by molar-refractivity contribution is -0.117. The summed E-state index contributed by atoms with van der Waals surface area (Å²) in [6.45, 7) is 0.550. The topological polar surface area (TPSA) is 118 Å². The fourth-order valence-electron chi connectivity index (χ4n) is 4.58. The van der Waals surface area contributed by atoms with E-state index in [-0.39, 0.29) is 23.9 Å². The van der Waals surface area contributed by atoms with Crippen LogP contribution in [0.2, 0.25) is 0 Å². The van der Waals surface area contributed by atoms with Crippen molar-refractivity contribution in [1.29, 1.82) is 0 Å². The van der Waals surface area contributed by atoms with Gasteiger partial charge in [0, 0.05) is 18.2 Å². The lowest BCUT2D eigenvalue weighted by Crippen LogP contribution is -2.44. The highest BCUT2D eigenvalue weighted by molar-refractivity contribution is 6.04. The van der Waals surface area contributed by atoms with Crippen molar-refractivity contribution in [3.63, 3.8) is 0 Å². The van der Waals surface area contributed by atoms with E-state index in [0.29, 0.717) is 47.2 Å². The highest BCUT2D eigenvalue weighted by Gasteiger charge is 2.41. The second-order valence-electron chi connectivity index (χ2n) is 8.16. The molecule has 2 aliphatic heterocycles. The first kappa shape index (κ1) is 21.6. The lowest BCUT2D eigenvalue weighted by atomic mass is 10.1. The van der Waals surface area contributed by atoms with Gasteiger partial charge in [0.25, 0.3) is 5.91 Å². The Morgan fingerprint density at radius 1 is 1.09 bits per heavy atom. The quantitative estimate of drug-likeness (QED) is 0.514. The van der Waals surface area contributed by atoms with Gasteiger partial charge in [-0.3, -0.25) is 14.7 Å². The van der Waals surface area contributed by atoms with Crippen LogP contribution in [0, 0.1) is 0 Å². The Hall–Kier alpha value is -4.21. The Kier molecular flexibility index (Phi) is 5.48. The molecule has 2 atom stereocenters. The molecule has 0 aliphatic carbocycles. The summed E-state index contributed by atoms with van der Waals surface area (Å²) in [5, 5.41) is 13.1. The van der Waals surface area contributed by atoms with E-state index in [1.807, 2.05) is 29.2 Å². The van der Waals surface area contributed by atoms with Gasteiger partial charge in [0.15, 0.2) is 11.5 Å². The molecule has 1 aromatic heterocycles. The molecule has 3 N–H and O–H groups in total. The summed E-state index contributed by atoms with van der Waals surface area (Å²) in [6.07, 6.45) is 0.528. The smallest absolute Gasteiger partial charge is 0.269 e. The first-order chi connectivity index (χ1) is 16.5. The number of carbonyl (C=O) groups is 2. The van der Waals surface area contributed by atoms with E-state index in [1.165, 1.54) is 7.11 Å². The van der Waals surface area contributed by atoms with E-state index >= 15 is 0 Å². The molecule has 2 unspecified atom stereocenters. The predicted octanol–water partition coefficient (Wildman–Crippen LogP) is 2.43. The Balaban J connectivity index is 1.33. The molecular weight excluding hydrogens is 438 g/mol. The maximum absolute atomic E-state index is 13.0. The summed E-state index contributed by atoms with van der Waals surface area (Å²) < 4.78 is 16.2. The van der Waals surface area contributed by atoms with Gasteiger partial charge in [0.1, 0.15) is 11.7 Å². The number of ether oxygens (including phenoxy) is 3. The monoisotopic (exact) mass is 463 g/mol. The van der Waals surface area contributed by atoms with Crippen molar-refractivity contribution in [2.75, 3.05) is 38.1 Å². The zero-order valence-corrected chi connectivity index (χ0v) is 19.0. The maximum Gasteiger partial charge on any atom is 0.269 e.